The minimum atomic E-state index is -0.219. The summed E-state index contributed by atoms with van der Waals surface area (Å²) in [6, 6.07) is -0.219. The molecule has 6 heteroatoms. The zero-order chi connectivity index (χ0) is 14.0. The third kappa shape index (κ3) is 3.17. The quantitative estimate of drug-likeness (QED) is 0.922. The van der Waals surface area contributed by atoms with E-state index in [9.17, 15) is 0 Å². The van der Waals surface area contributed by atoms with Gasteiger partial charge in [0.25, 0.3) is 0 Å². The van der Waals surface area contributed by atoms with Crippen LogP contribution in [0.3, 0.4) is 0 Å². The first-order valence-electron chi connectivity index (χ1n) is 6.15. The van der Waals surface area contributed by atoms with Crippen molar-refractivity contribution in [2.24, 2.45) is 5.73 Å². The Balaban J connectivity index is 2.28. The lowest BCUT2D eigenvalue weighted by Gasteiger charge is -2.17. The number of hydrogen-bond donors (Lipinski definition) is 1. The third-order valence-corrected chi connectivity index (χ3v) is 4.29. The highest BCUT2D eigenvalue weighted by Crippen LogP contribution is 2.29. The summed E-state index contributed by atoms with van der Waals surface area (Å²) >= 11 is 7.91. The van der Waals surface area contributed by atoms with Gasteiger partial charge in [0.1, 0.15) is 0 Å². The van der Waals surface area contributed by atoms with E-state index in [4.69, 9.17) is 17.3 Å². The van der Waals surface area contributed by atoms with Crippen LogP contribution < -0.4 is 5.73 Å². The van der Waals surface area contributed by atoms with E-state index >= 15 is 0 Å². The number of rotatable bonds is 5. The number of thiophene rings is 1. The SMILES string of the molecule is Cc1cscc1C(N)c1c(Cl)cnn1CCN(C)C. The summed E-state index contributed by atoms with van der Waals surface area (Å²) in [6.07, 6.45) is 1.67. The Labute approximate surface area is 122 Å². The molecule has 0 saturated heterocycles. The summed E-state index contributed by atoms with van der Waals surface area (Å²) in [6.45, 7) is 3.76. The second kappa shape index (κ2) is 6.05. The summed E-state index contributed by atoms with van der Waals surface area (Å²) in [5.74, 6) is 0. The fourth-order valence-corrected chi connectivity index (χ4v) is 3.14. The predicted molar refractivity (Wildman–Crippen MR) is 80.9 cm³/mol. The lowest BCUT2D eigenvalue weighted by Crippen LogP contribution is -2.23. The molecule has 2 aromatic heterocycles. The highest BCUT2D eigenvalue weighted by atomic mass is 35.5. The van der Waals surface area contributed by atoms with E-state index in [2.05, 4.69) is 27.7 Å². The van der Waals surface area contributed by atoms with Crippen LogP contribution in [0.25, 0.3) is 0 Å². The van der Waals surface area contributed by atoms with Crippen LogP contribution in [0, 0.1) is 6.92 Å². The van der Waals surface area contributed by atoms with Gasteiger partial charge < -0.3 is 10.6 Å². The van der Waals surface area contributed by atoms with Crippen molar-refractivity contribution < 1.29 is 0 Å². The van der Waals surface area contributed by atoms with E-state index in [1.807, 2.05) is 18.8 Å². The molecular formula is C13H19ClN4S. The Kier molecular flexibility index (Phi) is 4.62. The van der Waals surface area contributed by atoms with Gasteiger partial charge in [0.15, 0.2) is 0 Å². The van der Waals surface area contributed by atoms with Crippen molar-refractivity contribution in [2.45, 2.75) is 19.5 Å². The molecular weight excluding hydrogens is 280 g/mol. The van der Waals surface area contributed by atoms with E-state index < -0.39 is 0 Å². The average molecular weight is 299 g/mol. The van der Waals surface area contributed by atoms with Crippen molar-refractivity contribution in [3.63, 3.8) is 0 Å². The van der Waals surface area contributed by atoms with Crippen molar-refractivity contribution in [2.75, 3.05) is 20.6 Å². The van der Waals surface area contributed by atoms with Crippen LogP contribution >= 0.6 is 22.9 Å². The van der Waals surface area contributed by atoms with Gasteiger partial charge in [-0.05, 0) is 42.9 Å². The molecule has 0 bridgehead atoms. The maximum absolute atomic E-state index is 6.36. The number of halogens is 1. The number of hydrogen-bond acceptors (Lipinski definition) is 4. The first-order chi connectivity index (χ1) is 9.00. The van der Waals surface area contributed by atoms with Crippen LogP contribution in [0.15, 0.2) is 17.0 Å². The molecule has 4 nitrogen and oxygen atoms in total. The molecule has 1 unspecified atom stereocenters. The second-order valence-corrected chi connectivity index (χ2v) is 6.04. The summed E-state index contributed by atoms with van der Waals surface area (Å²) in [4.78, 5) is 2.11. The van der Waals surface area contributed by atoms with E-state index in [-0.39, 0.29) is 6.04 Å². The standard InChI is InChI=1S/C13H19ClN4S/c1-9-7-19-8-10(9)12(15)13-11(14)6-16-18(13)5-4-17(2)3/h6-8,12H,4-5,15H2,1-3H3. The molecule has 19 heavy (non-hydrogen) atoms. The van der Waals surface area contributed by atoms with Gasteiger partial charge >= 0.3 is 0 Å². The smallest absolute Gasteiger partial charge is 0.0837 e. The van der Waals surface area contributed by atoms with Crippen LogP contribution in [0.2, 0.25) is 5.02 Å². The first-order valence-corrected chi connectivity index (χ1v) is 7.47. The Bertz CT molecular complexity index is 547. The van der Waals surface area contributed by atoms with Crippen LogP contribution in [0.5, 0.6) is 0 Å². The summed E-state index contributed by atoms with van der Waals surface area (Å²) < 4.78 is 1.91. The van der Waals surface area contributed by atoms with Crippen LogP contribution in [-0.4, -0.2) is 35.3 Å². The summed E-state index contributed by atoms with van der Waals surface area (Å²) in [5.41, 5.74) is 9.58. The van der Waals surface area contributed by atoms with Gasteiger partial charge in [0.2, 0.25) is 0 Å². The van der Waals surface area contributed by atoms with Crippen molar-refractivity contribution in [1.82, 2.24) is 14.7 Å². The average Bonchev–Trinajstić information content (AvgIpc) is 2.92. The van der Waals surface area contributed by atoms with Gasteiger partial charge in [-0.1, -0.05) is 11.6 Å². The first kappa shape index (κ1) is 14.5. The van der Waals surface area contributed by atoms with Gasteiger partial charge in [-0.25, -0.2) is 0 Å². The number of nitrogens with two attached hydrogens (primary N) is 1. The summed E-state index contributed by atoms with van der Waals surface area (Å²) in [7, 11) is 4.07. The highest BCUT2D eigenvalue weighted by Gasteiger charge is 2.20. The Morgan fingerprint density at radius 3 is 2.79 bits per heavy atom. The Hall–Kier alpha value is -0.880. The molecule has 0 amide bonds. The van der Waals surface area contributed by atoms with E-state index in [1.165, 1.54) is 5.56 Å². The zero-order valence-electron chi connectivity index (χ0n) is 11.4. The van der Waals surface area contributed by atoms with E-state index in [0.29, 0.717) is 5.02 Å². The van der Waals surface area contributed by atoms with Crippen molar-refractivity contribution in [1.29, 1.82) is 0 Å². The maximum atomic E-state index is 6.36. The fraction of sp³-hybridized carbons (Fsp3) is 0.462. The molecule has 2 aromatic rings. The largest absolute Gasteiger partial charge is 0.319 e. The number of aromatic nitrogens is 2. The molecule has 2 rings (SSSR count). The molecule has 2 heterocycles. The minimum Gasteiger partial charge on any atom is -0.319 e. The predicted octanol–water partition coefficient (Wildman–Crippen LogP) is 2.52. The maximum Gasteiger partial charge on any atom is 0.0837 e. The van der Waals surface area contributed by atoms with Crippen molar-refractivity contribution in [3.05, 3.63) is 38.8 Å². The molecule has 1 atom stereocenters. The lowest BCUT2D eigenvalue weighted by molar-refractivity contribution is 0.368. The fourth-order valence-electron chi connectivity index (χ4n) is 1.99. The summed E-state index contributed by atoms with van der Waals surface area (Å²) in [5, 5.41) is 9.15. The molecule has 0 saturated carbocycles. The zero-order valence-corrected chi connectivity index (χ0v) is 13.0. The Morgan fingerprint density at radius 2 is 2.21 bits per heavy atom. The van der Waals surface area contributed by atoms with Gasteiger partial charge in [0, 0.05) is 6.54 Å². The second-order valence-electron chi connectivity index (χ2n) is 4.89. The van der Waals surface area contributed by atoms with Crippen molar-refractivity contribution in [3.8, 4) is 0 Å². The minimum absolute atomic E-state index is 0.219. The van der Waals surface area contributed by atoms with Gasteiger partial charge in [-0.3, -0.25) is 4.68 Å². The molecule has 0 fully saturated rings. The third-order valence-electron chi connectivity index (χ3n) is 3.12. The van der Waals surface area contributed by atoms with Crippen LogP contribution in [-0.2, 0) is 6.54 Å². The molecule has 2 N–H and O–H groups in total. The topological polar surface area (TPSA) is 47.1 Å². The van der Waals surface area contributed by atoms with Gasteiger partial charge in [-0.2, -0.15) is 16.4 Å². The van der Waals surface area contributed by atoms with Gasteiger partial charge in [-0.15, -0.1) is 0 Å². The molecule has 0 aliphatic rings. The highest BCUT2D eigenvalue weighted by molar-refractivity contribution is 7.08. The van der Waals surface area contributed by atoms with Gasteiger partial charge in [0.05, 0.1) is 29.5 Å². The molecule has 0 aromatic carbocycles. The van der Waals surface area contributed by atoms with Crippen LogP contribution in [0.4, 0.5) is 0 Å². The Morgan fingerprint density at radius 1 is 1.47 bits per heavy atom. The lowest BCUT2D eigenvalue weighted by atomic mass is 10.0. The number of likely N-dealkylation sites (N-methyl/N-ethyl adjacent to an activating group) is 1. The normalized spacial score (nSPS) is 13.2. The molecule has 0 radical (unpaired) electrons. The van der Waals surface area contributed by atoms with E-state index in [1.54, 1.807) is 17.5 Å². The van der Waals surface area contributed by atoms with Crippen LogP contribution in [0.1, 0.15) is 22.9 Å². The van der Waals surface area contributed by atoms with E-state index in [0.717, 1.165) is 24.3 Å². The number of nitrogens with zero attached hydrogens (tertiary/aromatic N) is 3. The molecule has 0 aliphatic heterocycles. The molecule has 0 aliphatic carbocycles. The number of aryl methyl sites for hydroxylation is 1. The molecule has 104 valence electrons. The molecule has 0 spiro atoms. The van der Waals surface area contributed by atoms with Crippen molar-refractivity contribution >= 4 is 22.9 Å². The monoisotopic (exact) mass is 298 g/mol.